The van der Waals surface area contributed by atoms with E-state index in [2.05, 4.69) is 19.8 Å². The fourth-order valence-electron chi connectivity index (χ4n) is 6.81. The highest BCUT2D eigenvalue weighted by Crippen LogP contribution is 2.67. The second-order valence-corrected chi connectivity index (χ2v) is 8.97. The SMILES string of the molecule is C#C[C@]1(O)CC[C@@H]2[C@H]3CCC4=CC(=O)CC[C@]4(C)[C@@H]3CC[C@]21C. The standard InChI is InChI=1S/C21H28O2/c1-4-21(23)12-9-18-16-6-5-14-13-15(22)7-10-19(14,2)17(16)8-11-20(18,21)3/h1,13,16-18,23H,5-12H2,2-3H3/t16-,17+,18+,19-,20+,21-/m0/s1. The molecule has 0 aromatic heterocycles. The number of fused-ring (bicyclic) bond motifs is 5. The molecule has 2 heteroatoms. The van der Waals surface area contributed by atoms with Gasteiger partial charge in [0.1, 0.15) is 5.60 Å². The van der Waals surface area contributed by atoms with Crippen LogP contribution in [0.2, 0.25) is 0 Å². The van der Waals surface area contributed by atoms with Gasteiger partial charge in [0.05, 0.1) is 0 Å². The lowest BCUT2D eigenvalue weighted by Crippen LogP contribution is -2.54. The van der Waals surface area contributed by atoms with E-state index in [0.717, 1.165) is 38.5 Å². The van der Waals surface area contributed by atoms with Gasteiger partial charge in [-0.2, -0.15) is 0 Å². The molecular formula is C21H28O2. The molecule has 0 radical (unpaired) electrons. The zero-order valence-corrected chi connectivity index (χ0v) is 14.4. The van der Waals surface area contributed by atoms with Crippen LogP contribution >= 0.6 is 0 Å². The Morgan fingerprint density at radius 3 is 2.61 bits per heavy atom. The molecule has 4 aliphatic carbocycles. The van der Waals surface area contributed by atoms with Crippen molar-refractivity contribution in [3.05, 3.63) is 11.6 Å². The Morgan fingerprint density at radius 2 is 1.87 bits per heavy atom. The number of terminal acetylenes is 1. The Morgan fingerprint density at radius 1 is 1.13 bits per heavy atom. The largest absolute Gasteiger partial charge is 0.377 e. The third kappa shape index (κ3) is 1.84. The summed E-state index contributed by atoms with van der Waals surface area (Å²) in [5.74, 6) is 4.93. The van der Waals surface area contributed by atoms with Gasteiger partial charge >= 0.3 is 0 Å². The van der Waals surface area contributed by atoms with Gasteiger partial charge in [0, 0.05) is 11.8 Å². The Hall–Kier alpha value is -1.07. The molecule has 0 saturated heterocycles. The van der Waals surface area contributed by atoms with Crippen LogP contribution in [0.15, 0.2) is 11.6 Å². The molecule has 0 aliphatic heterocycles. The van der Waals surface area contributed by atoms with Gasteiger partial charge in [-0.25, -0.2) is 0 Å². The molecule has 6 atom stereocenters. The van der Waals surface area contributed by atoms with Gasteiger partial charge < -0.3 is 5.11 Å². The first-order chi connectivity index (χ1) is 10.8. The van der Waals surface area contributed by atoms with Gasteiger partial charge in [-0.3, -0.25) is 4.79 Å². The van der Waals surface area contributed by atoms with Crippen LogP contribution in [0.25, 0.3) is 0 Å². The Balaban J connectivity index is 1.70. The van der Waals surface area contributed by atoms with Crippen molar-refractivity contribution in [2.24, 2.45) is 28.6 Å². The molecule has 4 rings (SSSR count). The van der Waals surface area contributed by atoms with Gasteiger partial charge in [0.2, 0.25) is 0 Å². The molecule has 2 nitrogen and oxygen atoms in total. The van der Waals surface area contributed by atoms with E-state index in [1.165, 1.54) is 12.0 Å². The van der Waals surface area contributed by atoms with E-state index in [-0.39, 0.29) is 10.8 Å². The smallest absolute Gasteiger partial charge is 0.155 e. The normalized spacial score (nSPS) is 52.0. The third-order valence-corrected chi connectivity index (χ3v) is 8.35. The first-order valence-electron chi connectivity index (χ1n) is 9.28. The number of aliphatic hydroxyl groups is 1. The lowest BCUT2D eigenvalue weighted by Gasteiger charge is -2.58. The van der Waals surface area contributed by atoms with Gasteiger partial charge in [0.15, 0.2) is 5.78 Å². The molecule has 0 bridgehead atoms. The number of ketones is 1. The number of hydrogen-bond acceptors (Lipinski definition) is 2. The predicted molar refractivity (Wildman–Crippen MR) is 90.5 cm³/mol. The van der Waals surface area contributed by atoms with E-state index in [9.17, 15) is 9.90 Å². The Kier molecular flexibility index (Phi) is 3.18. The van der Waals surface area contributed by atoms with Crippen molar-refractivity contribution in [1.29, 1.82) is 0 Å². The van der Waals surface area contributed by atoms with Crippen LogP contribution in [0.4, 0.5) is 0 Å². The van der Waals surface area contributed by atoms with Crippen molar-refractivity contribution in [2.45, 2.75) is 70.8 Å². The van der Waals surface area contributed by atoms with Crippen LogP contribution in [0.1, 0.15) is 65.2 Å². The monoisotopic (exact) mass is 312 g/mol. The molecule has 0 aromatic carbocycles. The minimum atomic E-state index is -0.914. The molecule has 0 unspecified atom stereocenters. The Bertz CT molecular complexity index is 626. The molecule has 0 amide bonds. The maximum atomic E-state index is 11.8. The van der Waals surface area contributed by atoms with Crippen molar-refractivity contribution >= 4 is 5.78 Å². The molecule has 0 heterocycles. The fourth-order valence-corrected chi connectivity index (χ4v) is 6.81. The van der Waals surface area contributed by atoms with Crippen molar-refractivity contribution in [2.75, 3.05) is 0 Å². The van der Waals surface area contributed by atoms with Crippen molar-refractivity contribution in [3.63, 3.8) is 0 Å². The number of allylic oxidation sites excluding steroid dienone is 1. The highest BCUT2D eigenvalue weighted by molar-refractivity contribution is 5.91. The summed E-state index contributed by atoms with van der Waals surface area (Å²) in [5.41, 5.74) is 0.575. The number of hydrogen-bond donors (Lipinski definition) is 1. The molecular weight excluding hydrogens is 284 g/mol. The molecule has 124 valence electrons. The van der Waals surface area contributed by atoms with Crippen molar-refractivity contribution < 1.29 is 9.90 Å². The summed E-state index contributed by atoms with van der Waals surface area (Å²) in [6.45, 7) is 4.63. The fraction of sp³-hybridized carbons (Fsp3) is 0.762. The molecule has 1 N–H and O–H groups in total. The van der Waals surface area contributed by atoms with Gasteiger partial charge in [-0.05, 0) is 74.2 Å². The van der Waals surface area contributed by atoms with E-state index in [1.54, 1.807) is 0 Å². The van der Waals surface area contributed by atoms with Crippen LogP contribution in [0.3, 0.4) is 0 Å². The first-order valence-corrected chi connectivity index (χ1v) is 9.28. The van der Waals surface area contributed by atoms with Crippen molar-refractivity contribution in [3.8, 4) is 12.3 Å². The zero-order valence-electron chi connectivity index (χ0n) is 14.4. The zero-order chi connectivity index (χ0) is 16.5. The minimum absolute atomic E-state index is 0.120. The van der Waals surface area contributed by atoms with Crippen LogP contribution in [0, 0.1) is 40.9 Å². The summed E-state index contributed by atoms with van der Waals surface area (Å²) < 4.78 is 0. The van der Waals surface area contributed by atoms with Gasteiger partial charge in [-0.1, -0.05) is 25.3 Å². The average Bonchev–Trinajstić information content (AvgIpc) is 2.80. The van der Waals surface area contributed by atoms with E-state index >= 15 is 0 Å². The summed E-state index contributed by atoms with van der Waals surface area (Å²) in [7, 11) is 0. The average molecular weight is 312 g/mol. The van der Waals surface area contributed by atoms with E-state index in [4.69, 9.17) is 6.42 Å². The molecule has 4 aliphatic rings. The van der Waals surface area contributed by atoms with Gasteiger partial charge in [-0.15, -0.1) is 6.42 Å². The first kappa shape index (κ1) is 15.5. The molecule has 23 heavy (non-hydrogen) atoms. The molecule has 0 aromatic rings. The minimum Gasteiger partial charge on any atom is -0.377 e. The van der Waals surface area contributed by atoms with Crippen LogP contribution < -0.4 is 0 Å². The van der Waals surface area contributed by atoms with Crippen LogP contribution in [0.5, 0.6) is 0 Å². The second kappa shape index (κ2) is 4.73. The number of carbonyl (C=O) groups excluding carboxylic acids is 1. The van der Waals surface area contributed by atoms with E-state index in [1.807, 2.05) is 6.08 Å². The van der Waals surface area contributed by atoms with Crippen LogP contribution in [-0.4, -0.2) is 16.5 Å². The quantitative estimate of drug-likeness (QED) is 0.689. The van der Waals surface area contributed by atoms with Crippen molar-refractivity contribution in [1.82, 2.24) is 0 Å². The van der Waals surface area contributed by atoms with Gasteiger partial charge in [0.25, 0.3) is 0 Å². The highest BCUT2D eigenvalue weighted by atomic mass is 16.3. The lowest BCUT2D eigenvalue weighted by molar-refractivity contribution is -0.119. The summed E-state index contributed by atoms with van der Waals surface area (Å²) in [6.07, 6.45) is 15.6. The summed E-state index contributed by atoms with van der Waals surface area (Å²) in [5, 5.41) is 11.0. The predicted octanol–water partition coefficient (Wildman–Crippen LogP) is 3.88. The molecule has 0 spiro atoms. The summed E-state index contributed by atoms with van der Waals surface area (Å²) in [6, 6.07) is 0. The summed E-state index contributed by atoms with van der Waals surface area (Å²) >= 11 is 0. The highest BCUT2D eigenvalue weighted by Gasteiger charge is 2.63. The molecule has 3 saturated carbocycles. The molecule has 3 fully saturated rings. The maximum absolute atomic E-state index is 11.8. The van der Waals surface area contributed by atoms with E-state index < -0.39 is 5.60 Å². The lowest BCUT2D eigenvalue weighted by atomic mass is 9.46. The summed E-state index contributed by atoms with van der Waals surface area (Å²) in [4.78, 5) is 11.8. The number of rotatable bonds is 0. The maximum Gasteiger partial charge on any atom is 0.155 e. The third-order valence-electron chi connectivity index (χ3n) is 8.35. The van der Waals surface area contributed by atoms with E-state index in [0.29, 0.717) is 30.0 Å². The second-order valence-electron chi connectivity index (χ2n) is 8.97. The topological polar surface area (TPSA) is 37.3 Å². The van der Waals surface area contributed by atoms with Crippen LogP contribution in [-0.2, 0) is 4.79 Å². The number of carbonyl (C=O) groups is 1. The Labute approximate surface area is 139 Å².